The van der Waals surface area contributed by atoms with Crippen LogP contribution >= 0.6 is 11.8 Å². The van der Waals surface area contributed by atoms with Crippen LogP contribution in [0.15, 0.2) is 12.7 Å². The van der Waals surface area contributed by atoms with Gasteiger partial charge in [0.2, 0.25) is 5.91 Å². The number of hydrogen-bond donors (Lipinski definition) is 2. The molecule has 1 aliphatic heterocycles. The molecule has 3 nitrogen and oxygen atoms in total. The predicted molar refractivity (Wildman–Crippen MR) is 61.3 cm³/mol. The van der Waals surface area contributed by atoms with Gasteiger partial charge in [-0.25, -0.2) is 0 Å². The minimum Gasteiger partial charge on any atom is -0.351 e. The van der Waals surface area contributed by atoms with Gasteiger partial charge in [-0.15, -0.1) is 6.58 Å². The second-order valence-corrected chi connectivity index (χ2v) is 4.70. The largest absolute Gasteiger partial charge is 0.351 e. The molecule has 0 aromatic carbocycles. The van der Waals surface area contributed by atoms with Crippen molar-refractivity contribution in [2.75, 3.05) is 11.5 Å². The van der Waals surface area contributed by atoms with Crippen LogP contribution in [0.4, 0.5) is 0 Å². The summed E-state index contributed by atoms with van der Waals surface area (Å²) in [6.07, 6.45) is 4.50. The van der Waals surface area contributed by atoms with Gasteiger partial charge < -0.3 is 11.1 Å². The maximum absolute atomic E-state index is 11.5. The molecule has 1 fully saturated rings. The molecule has 1 rings (SSSR count). The van der Waals surface area contributed by atoms with Gasteiger partial charge in [-0.05, 0) is 25.0 Å². The van der Waals surface area contributed by atoms with Gasteiger partial charge >= 0.3 is 0 Å². The van der Waals surface area contributed by atoms with Gasteiger partial charge in [-0.1, -0.05) is 6.08 Å². The van der Waals surface area contributed by atoms with E-state index in [1.807, 2.05) is 11.8 Å². The Labute approximate surface area is 89.5 Å². The molecule has 0 aromatic rings. The van der Waals surface area contributed by atoms with Crippen molar-refractivity contribution in [1.29, 1.82) is 0 Å². The Bertz CT molecular complexity index is 202. The topological polar surface area (TPSA) is 55.1 Å². The molecular weight excluding hydrogens is 196 g/mol. The quantitative estimate of drug-likeness (QED) is 0.684. The van der Waals surface area contributed by atoms with Gasteiger partial charge in [0.05, 0.1) is 6.04 Å². The third-order valence-electron chi connectivity index (χ3n) is 2.26. The third kappa shape index (κ3) is 3.72. The summed E-state index contributed by atoms with van der Waals surface area (Å²) >= 11 is 1.89. The van der Waals surface area contributed by atoms with Crippen molar-refractivity contribution >= 4 is 17.7 Å². The molecule has 0 saturated carbocycles. The zero-order chi connectivity index (χ0) is 10.4. The number of carbonyl (C=O) groups excluding carboxylic acids is 1. The van der Waals surface area contributed by atoms with Gasteiger partial charge in [0.15, 0.2) is 0 Å². The van der Waals surface area contributed by atoms with Gasteiger partial charge in [0.25, 0.3) is 0 Å². The van der Waals surface area contributed by atoms with E-state index < -0.39 is 6.04 Å². The highest BCUT2D eigenvalue weighted by atomic mass is 32.2. The van der Waals surface area contributed by atoms with E-state index >= 15 is 0 Å². The van der Waals surface area contributed by atoms with Gasteiger partial charge in [0.1, 0.15) is 0 Å². The van der Waals surface area contributed by atoms with E-state index in [1.54, 1.807) is 6.08 Å². The van der Waals surface area contributed by atoms with Crippen LogP contribution in [0.1, 0.15) is 19.3 Å². The molecule has 2 unspecified atom stereocenters. The Hall–Kier alpha value is -0.480. The van der Waals surface area contributed by atoms with Crippen molar-refractivity contribution < 1.29 is 4.79 Å². The molecule has 1 saturated heterocycles. The Morgan fingerprint density at radius 1 is 1.79 bits per heavy atom. The van der Waals surface area contributed by atoms with Crippen LogP contribution in [-0.4, -0.2) is 29.5 Å². The number of nitrogens with one attached hydrogen (secondary N) is 1. The Morgan fingerprint density at radius 2 is 2.57 bits per heavy atom. The van der Waals surface area contributed by atoms with Gasteiger partial charge in [-0.3, -0.25) is 4.79 Å². The SMILES string of the molecule is C=CCC(N)C(=O)NC1CCCSC1. The molecule has 14 heavy (non-hydrogen) atoms. The van der Waals surface area contributed by atoms with Gasteiger partial charge in [-0.2, -0.15) is 11.8 Å². The monoisotopic (exact) mass is 214 g/mol. The normalized spacial score (nSPS) is 23.9. The lowest BCUT2D eigenvalue weighted by atomic mass is 10.1. The van der Waals surface area contributed by atoms with Crippen LogP contribution in [0.3, 0.4) is 0 Å². The van der Waals surface area contributed by atoms with Crippen molar-refractivity contribution in [2.24, 2.45) is 5.73 Å². The summed E-state index contributed by atoms with van der Waals surface area (Å²) in [6.45, 7) is 3.57. The Kier molecular flexibility index (Phi) is 5.04. The summed E-state index contributed by atoms with van der Waals surface area (Å²) in [4.78, 5) is 11.5. The van der Waals surface area contributed by atoms with Gasteiger partial charge in [0, 0.05) is 11.8 Å². The molecule has 0 radical (unpaired) electrons. The number of rotatable bonds is 4. The van der Waals surface area contributed by atoms with Crippen LogP contribution < -0.4 is 11.1 Å². The molecule has 1 aliphatic rings. The number of hydrogen-bond acceptors (Lipinski definition) is 3. The molecule has 0 bridgehead atoms. The Morgan fingerprint density at radius 3 is 3.14 bits per heavy atom. The van der Waals surface area contributed by atoms with Crippen molar-refractivity contribution in [2.45, 2.75) is 31.3 Å². The van der Waals surface area contributed by atoms with Crippen LogP contribution in [0, 0.1) is 0 Å². The van der Waals surface area contributed by atoms with Crippen LogP contribution in [0.5, 0.6) is 0 Å². The molecule has 3 N–H and O–H groups in total. The number of amides is 1. The lowest BCUT2D eigenvalue weighted by molar-refractivity contribution is -0.122. The summed E-state index contributed by atoms with van der Waals surface area (Å²) in [5, 5.41) is 2.97. The first kappa shape index (κ1) is 11.6. The fourth-order valence-electron chi connectivity index (χ4n) is 1.45. The smallest absolute Gasteiger partial charge is 0.237 e. The maximum Gasteiger partial charge on any atom is 0.237 e. The minimum absolute atomic E-state index is 0.0441. The molecular formula is C10H18N2OS. The number of carbonyl (C=O) groups is 1. The first-order chi connectivity index (χ1) is 6.74. The van der Waals surface area contributed by atoms with E-state index in [1.165, 1.54) is 12.2 Å². The van der Waals surface area contributed by atoms with E-state index in [0.29, 0.717) is 12.5 Å². The van der Waals surface area contributed by atoms with Crippen LogP contribution in [0.25, 0.3) is 0 Å². The summed E-state index contributed by atoms with van der Waals surface area (Å²) < 4.78 is 0. The van der Waals surface area contributed by atoms with E-state index in [0.717, 1.165) is 12.2 Å². The molecule has 1 amide bonds. The predicted octanol–water partition coefficient (Wildman–Crippen LogP) is 0.902. The lowest BCUT2D eigenvalue weighted by Gasteiger charge is -2.23. The fourth-order valence-corrected chi connectivity index (χ4v) is 2.52. The molecule has 1 heterocycles. The molecule has 0 aromatic heterocycles. The zero-order valence-corrected chi connectivity index (χ0v) is 9.19. The van der Waals surface area contributed by atoms with Crippen LogP contribution in [0.2, 0.25) is 0 Å². The zero-order valence-electron chi connectivity index (χ0n) is 8.37. The van der Waals surface area contributed by atoms with Crippen molar-refractivity contribution in [3.63, 3.8) is 0 Å². The van der Waals surface area contributed by atoms with Crippen LogP contribution in [-0.2, 0) is 4.79 Å². The van der Waals surface area contributed by atoms with E-state index in [9.17, 15) is 4.79 Å². The minimum atomic E-state index is -0.431. The number of thioether (sulfide) groups is 1. The highest BCUT2D eigenvalue weighted by molar-refractivity contribution is 7.99. The average molecular weight is 214 g/mol. The highest BCUT2D eigenvalue weighted by Crippen LogP contribution is 2.16. The summed E-state index contributed by atoms with van der Waals surface area (Å²) in [5.74, 6) is 2.19. The third-order valence-corrected chi connectivity index (χ3v) is 3.48. The van der Waals surface area contributed by atoms with Crippen molar-refractivity contribution in [1.82, 2.24) is 5.32 Å². The van der Waals surface area contributed by atoms with Crippen molar-refractivity contribution in [3.8, 4) is 0 Å². The average Bonchev–Trinajstić information content (AvgIpc) is 2.19. The van der Waals surface area contributed by atoms with E-state index in [2.05, 4.69) is 11.9 Å². The fraction of sp³-hybridized carbons (Fsp3) is 0.700. The molecule has 0 spiro atoms. The second kappa shape index (κ2) is 6.09. The maximum atomic E-state index is 11.5. The molecule has 80 valence electrons. The van der Waals surface area contributed by atoms with E-state index in [-0.39, 0.29) is 5.91 Å². The summed E-state index contributed by atoms with van der Waals surface area (Å²) in [5.41, 5.74) is 5.65. The van der Waals surface area contributed by atoms with Crippen molar-refractivity contribution in [3.05, 3.63) is 12.7 Å². The standard InChI is InChI=1S/C10H18N2OS/c1-2-4-9(11)10(13)12-8-5-3-6-14-7-8/h2,8-9H,1,3-7,11H2,(H,12,13). The first-order valence-electron chi connectivity index (χ1n) is 4.98. The first-order valence-corrected chi connectivity index (χ1v) is 6.14. The number of nitrogens with two attached hydrogens (primary N) is 1. The summed E-state index contributed by atoms with van der Waals surface area (Å²) in [6, 6.07) is -0.114. The molecule has 0 aliphatic carbocycles. The lowest BCUT2D eigenvalue weighted by Crippen LogP contribution is -2.46. The molecule has 4 heteroatoms. The van der Waals surface area contributed by atoms with E-state index in [4.69, 9.17) is 5.73 Å². The Balaban J connectivity index is 2.27. The summed E-state index contributed by atoms with van der Waals surface area (Å²) in [7, 11) is 0. The molecule has 2 atom stereocenters. The highest BCUT2D eigenvalue weighted by Gasteiger charge is 2.18. The second-order valence-electron chi connectivity index (χ2n) is 3.55.